The van der Waals surface area contributed by atoms with Gasteiger partial charge in [-0.05, 0) is 25.5 Å². The van der Waals surface area contributed by atoms with Gasteiger partial charge in [-0.1, -0.05) is 6.42 Å². The minimum atomic E-state index is -3.17. The molecule has 0 radical (unpaired) electrons. The first-order valence-electron chi connectivity index (χ1n) is 7.28. The molecule has 1 aromatic rings. The van der Waals surface area contributed by atoms with Gasteiger partial charge in [-0.2, -0.15) is 5.10 Å². The summed E-state index contributed by atoms with van der Waals surface area (Å²) in [7, 11) is -3.17. The zero-order valence-electron chi connectivity index (χ0n) is 12.4. The molecule has 0 saturated carbocycles. The van der Waals surface area contributed by atoms with Crippen LogP contribution in [0.15, 0.2) is 18.5 Å². The zero-order chi connectivity index (χ0) is 15.3. The Morgan fingerprint density at radius 3 is 2.90 bits per heavy atom. The van der Waals surface area contributed by atoms with Gasteiger partial charge in [0.25, 0.3) is 0 Å². The van der Waals surface area contributed by atoms with Crippen LogP contribution in [0.4, 0.5) is 0 Å². The van der Waals surface area contributed by atoms with Crippen molar-refractivity contribution in [3.63, 3.8) is 0 Å². The van der Waals surface area contributed by atoms with Crippen molar-refractivity contribution in [1.29, 1.82) is 0 Å². The second-order valence-electron chi connectivity index (χ2n) is 5.65. The van der Waals surface area contributed by atoms with Crippen LogP contribution in [0.1, 0.15) is 19.3 Å². The highest BCUT2D eigenvalue weighted by molar-refractivity contribution is 7.88. The summed E-state index contributed by atoms with van der Waals surface area (Å²) < 4.78 is 26.7. The highest BCUT2D eigenvalue weighted by atomic mass is 32.2. The number of aliphatic hydroxyl groups excluding tert-OH is 1. The number of aliphatic hydroxyl groups is 1. The largest absolute Gasteiger partial charge is 0.390 e. The van der Waals surface area contributed by atoms with Crippen molar-refractivity contribution in [3.8, 4) is 0 Å². The van der Waals surface area contributed by atoms with Crippen LogP contribution in [0.2, 0.25) is 0 Å². The summed E-state index contributed by atoms with van der Waals surface area (Å²) in [5, 5.41) is 14.3. The Morgan fingerprint density at radius 1 is 1.43 bits per heavy atom. The van der Waals surface area contributed by atoms with E-state index in [0.717, 1.165) is 25.8 Å². The van der Waals surface area contributed by atoms with E-state index in [2.05, 4.69) is 14.7 Å². The molecule has 0 bridgehead atoms. The van der Waals surface area contributed by atoms with Crippen LogP contribution in [-0.4, -0.2) is 66.2 Å². The molecule has 0 aromatic carbocycles. The number of nitrogens with one attached hydrogen (secondary N) is 1. The summed E-state index contributed by atoms with van der Waals surface area (Å²) in [6.45, 7) is 2.30. The Hall–Kier alpha value is -0.960. The molecular formula is C13H24N4O3S. The number of rotatable bonds is 7. The third-order valence-electron chi connectivity index (χ3n) is 3.73. The predicted molar refractivity (Wildman–Crippen MR) is 80.3 cm³/mol. The third-order valence-corrected chi connectivity index (χ3v) is 4.42. The lowest BCUT2D eigenvalue weighted by atomic mass is 10.0. The van der Waals surface area contributed by atoms with Gasteiger partial charge in [-0.15, -0.1) is 0 Å². The van der Waals surface area contributed by atoms with Crippen LogP contribution < -0.4 is 4.72 Å². The lowest BCUT2D eigenvalue weighted by Crippen LogP contribution is -2.49. The summed E-state index contributed by atoms with van der Waals surface area (Å²) >= 11 is 0. The Kier molecular flexibility index (Phi) is 5.74. The van der Waals surface area contributed by atoms with Crippen LogP contribution in [0.5, 0.6) is 0 Å². The molecule has 1 aliphatic heterocycles. The predicted octanol–water partition coefficient (Wildman–Crippen LogP) is -0.352. The van der Waals surface area contributed by atoms with E-state index in [1.165, 1.54) is 6.26 Å². The fourth-order valence-corrected chi connectivity index (χ4v) is 3.23. The molecule has 0 spiro atoms. The Labute approximate surface area is 126 Å². The smallest absolute Gasteiger partial charge is 0.208 e. The maximum atomic E-state index is 11.2. The molecule has 2 atom stereocenters. The van der Waals surface area contributed by atoms with Gasteiger partial charge < -0.3 is 5.11 Å². The molecule has 21 heavy (non-hydrogen) atoms. The summed E-state index contributed by atoms with van der Waals surface area (Å²) in [5.74, 6) is 0. The molecule has 7 nitrogen and oxygen atoms in total. The molecule has 8 heteroatoms. The Balaban J connectivity index is 1.86. The minimum absolute atomic E-state index is 0.153. The highest BCUT2D eigenvalue weighted by Gasteiger charge is 2.25. The van der Waals surface area contributed by atoms with Crippen LogP contribution in [0.3, 0.4) is 0 Å². The van der Waals surface area contributed by atoms with E-state index in [9.17, 15) is 13.5 Å². The molecule has 0 aliphatic carbocycles. The van der Waals surface area contributed by atoms with Crippen molar-refractivity contribution >= 4 is 10.0 Å². The van der Waals surface area contributed by atoms with Gasteiger partial charge in [0, 0.05) is 31.5 Å². The number of hydrogen-bond acceptors (Lipinski definition) is 5. The molecule has 2 N–H and O–H groups in total. The van der Waals surface area contributed by atoms with Gasteiger partial charge in [0.1, 0.15) is 0 Å². The standard InChI is InChI=1S/C13H24N4O3S/c1-21(19,20)15-9-12-5-2-3-7-16(12)10-13(18)11-17-8-4-6-14-17/h4,6,8,12-13,15,18H,2-3,5,7,9-11H2,1H3. The minimum Gasteiger partial charge on any atom is -0.390 e. The molecule has 0 amide bonds. The number of aromatic nitrogens is 2. The van der Waals surface area contributed by atoms with Crippen molar-refractivity contribution < 1.29 is 13.5 Å². The van der Waals surface area contributed by atoms with E-state index in [1.54, 1.807) is 10.9 Å². The molecule has 1 aliphatic rings. The van der Waals surface area contributed by atoms with Crippen LogP contribution in [-0.2, 0) is 16.6 Å². The number of β-amino-alcohol motifs (C(OH)–C–C–N with tert-alkyl or cyclic N) is 1. The zero-order valence-corrected chi connectivity index (χ0v) is 13.2. The van der Waals surface area contributed by atoms with Gasteiger partial charge >= 0.3 is 0 Å². The van der Waals surface area contributed by atoms with Crippen molar-refractivity contribution in [2.45, 2.75) is 38.0 Å². The highest BCUT2D eigenvalue weighted by Crippen LogP contribution is 2.17. The maximum Gasteiger partial charge on any atom is 0.208 e. The van der Waals surface area contributed by atoms with Gasteiger partial charge in [-0.25, -0.2) is 13.1 Å². The summed E-state index contributed by atoms with van der Waals surface area (Å²) in [4.78, 5) is 2.18. The van der Waals surface area contributed by atoms with Crippen molar-refractivity contribution in [2.75, 3.05) is 25.9 Å². The number of sulfonamides is 1. The molecule has 1 fully saturated rings. The van der Waals surface area contributed by atoms with Gasteiger partial charge in [-0.3, -0.25) is 9.58 Å². The van der Waals surface area contributed by atoms with Gasteiger partial charge in [0.2, 0.25) is 10.0 Å². The number of nitrogens with zero attached hydrogens (tertiary/aromatic N) is 3. The molecule has 1 saturated heterocycles. The maximum absolute atomic E-state index is 11.2. The first kappa shape index (κ1) is 16.4. The van der Waals surface area contributed by atoms with Crippen LogP contribution in [0.25, 0.3) is 0 Å². The first-order chi connectivity index (χ1) is 9.94. The lowest BCUT2D eigenvalue weighted by molar-refractivity contribution is 0.0578. The van der Waals surface area contributed by atoms with E-state index in [0.29, 0.717) is 19.6 Å². The number of piperidine rings is 1. The fourth-order valence-electron chi connectivity index (χ4n) is 2.73. The fraction of sp³-hybridized carbons (Fsp3) is 0.769. The molecule has 2 heterocycles. The quantitative estimate of drug-likeness (QED) is 0.718. The van der Waals surface area contributed by atoms with E-state index >= 15 is 0 Å². The van der Waals surface area contributed by atoms with Crippen LogP contribution in [0, 0.1) is 0 Å². The topological polar surface area (TPSA) is 87.5 Å². The molecular weight excluding hydrogens is 292 g/mol. The molecule has 120 valence electrons. The van der Waals surface area contributed by atoms with E-state index in [-0.39, 0.29) is 6.04 Å². The monoisotopic (exact) mass is 316 g/mol. The lowest BCUT2D eigenvalue weighted by Gasteiger charge is -2.36. The van der Waals surface area contributed by atoms with Crippen molar-refractivity contribution in [1.82, 2.24) is 19.4 Å². The molecule has 2 unspecified atom stereocenters. The summed E-state index contributed by atoms with van der Waals surface area (Å²) in [5.41, 5.74) is 0. The SMILES string of the molecule is CS(=O)(=O)NCC1CCCCN1CC(O)Cn1cccn1. The van der Waals surface area contributed by atoms with Crippen molar-refractivity contribution in [2.24, 2.45) is 0 Å². The average Bonchev–Trinajstić information content (AvgIpc) is 2.89. The van der Waals surface area contributed by atoms with E-state index in [4.69, 9.17) is 0 Å². The van der Waals surface area contributed by atoms with Crippen molar-refractivity contribution in [3.05, 3.63) is 18.5 Å². The van der Waals surface area contributed by atoms with Crippen LogP contribution >= 0.6 is 0 Å². The second-order valence-corrected chi connectivity index (χ2v) is 7.48. The van der Waals surface area contributed by atoms with Gasteiger partial charge in [0.05, 0.1) is 18.9 Å². The summed E-state index contributed by atoms with van der Waals surface area (Å²) in [6, 6.07) is 1.98. The number of likely N-dealkylation sites (tertiary alicyclic amines) is 1. The number of hydrogen-bond donors (Lipinski definition) is 2. The Bertz CT molecular complexity index is 518. The van der Waals surface area contributed by atoms with E-state index < -0.39 is 16.1 Å². The van der Waals surface area contributed by atoms with Gasteiger partial charge in [0.15, 0.2) is 0 Å². The molecule has 2 rings (SSSR count). The average molecular weight is 316 g/mol. The third kappa shape index (κ3) is 5.74. The first-order valence-corrected chi connectivity index (χ1v) is 9.17. The normalized spacial score (nSPS) is 22.3. The second kappa shape index (κ2) is 7.35. The molecule has 1 aromatic heterocycles. The Morgan fingerprint density at radius 2 is 2.24 bits per heavy atom. The van der Waals surface area contributed by atoms with E-state index in [1.807, 2.05) is 12.3 Å². The summed E-state index contributed by atoms with van der Waals surface area (Å²) in [6.07, 6.45) is 7.31.